The van der Waals surface area contributed by atoms with Gasteiger partial charge in [-0.1, -0.05) is 0 Å². The van der Waals surface area contributed by atoms with E-state index in [4.69, 9.17) is 21.9 Å². The second-order valence-electron chi connectivity index (χ2n) is 3.51. The molecule has 0 rings (SSSR count). The third kappa shape index (κ3) is 12.6. The lowest BCUT2D eigenvalue weighted by molar-refractivity contribution is -0.121. The zero-order valence-corrected chi connectivity index (χ0v) is 10.2. The van der Waals surface area contributed by atoms with Crippen molar-refractivity contribution in [1.82, 2.24) is 5.32 Å². The van der Waals surface area contributed by atoms with Gasteiger partial charge in [0.05, 0.1) is 13.2 Å². The van der Waals surface area contributed by atoms with Crippen molar-refractivity contribution in [2.75, 3.05) is 32.8 Å². The Labute approximate surface area is 102 Å². The Morgan fingerprint density at radius 2 is 2.00 bits per heavy atom. The number of amides is 1. The van der Waals surface area contributed by atoms with Gasteiger partial charge in [-0.15, -0.1) is 0 Å². The smallest absolute Gasteiger partial charge is 0.220 e. The van der Waals surface area contributed by atoms with Crippen LogP contribution in [0, 0.1) is 0 Å². The summed E-state index contributed by atoms with van der Waals surface area (Å²) in [4.78, 5) is 15.1. The van der Waals surface area contributed by atoms with Crippen molar-refractivity contribution < 1.29 is 9.53 Å². The molecule has 0 unspecified atom stereocenters. The molecule has 7 heteroatoms. The zero-order valence-electron chi connectivity index (χ0n) is 10.2. The van der Waals surface area contributed by atoms with Crippen molar-refractivity contribution in [2.24, 2.45) is 22.2 Å². The van der Waals surface area contributed by atoms with Crippen molar-refractivity contribution in [3.05, 3.63) is 0 Å². The molecule has 0 heterocycles. The third-order valence-corrected chi connectivity index (χ3v) is 1.94. The largest absolute Gasteiger partial charge is 0.378 e. The highest BCUT2D eigenvalue weighted by atomic mass is 16.5. The van der Waals surface area contributed by atoms with E-state index in [1.165, 1.54) is 0 Å². The van der Waals surface area contributed by atoms with Gasteiger partial charge in [-0.25, -0.2) is 0 Å². The van der Waals surface area contributed by atoms with Gasteiger partial charge >= 0.3 is 0 Å². The van der Waals surface area contributed by atoms with Crippen molar-refractivity contribution in [3.63, 3.8) is 0 Å². The fraction of sp³-hybridized carbons (Fsp3) is 0.800. The molecule has 1 amide bonds. The maximum absolute atomic E-state index is 11.3. The first kappa shape index (κ1) is 15.7. The Bertz CT molecular complexity index is 229. The molecule has 0 saturated carbocycles. The van der Waals surface area contributed by atoms with E-state index in [1.54, 1.807) is 0 Å². The van der Waals surface area contributed by atoms with Crippen LogP contribution in [0.3, 0.4) is 0 Å². The van der Waals surface area contributed by atoms with Gasteiger partial charge in [0.1, 0.15) is 0 Å². The summed E-state index contributed by atoms with van der Waals surface area (Å²) < 4.78 is 5.12. The summed E-state index contributed by atoms with van der Waals surface area (Å²) in [5, 5.41) is 2.75. The molecule has 0 atom stereocenters. The average molecular weight is 245 g/mol. The number of unbranched alkanes of at least 4 members (excludes halogenated alkanes) is 1. The van der Waals surface area contributed by atoms with Crippen LogP contribution in [0.25, 0.3) is 0 Å². The van der Waals surface area contributed by atoms with E-state index in [1.807, 2.05) is 0 Å². The van der Waals surface area contributed by atoms with E-state index in [0.717, 1.165) is 12.8 Å². The highest BCUT2D eigenvalue weighted by Crippen LogP contribution is 1.95. The van der Waals surface area contributed by atoms with Crippen molar-refractivity contribution in [1.29, 1.82) is 0 Å². The zero-order chi connectivity index (χ0) is 12.9. The molecule has 7 nitrogen and oxygen atoms in total. The van der Waals surface area contributed by atoms with E-state index in [0.29, 0.717) is 39.3 Å². The van der Waals surface area contributed by atoms with Crippen LogP contribution in [0.4, 0.5) is 0 Å². The van der Waals surface area contributed by atoms with Crippen LogP contribution in [0.15, 0.2) is 4.99 Å². The maximum atomic E-state index is 11.3. The number of ether oxygens (including phenoxy) is 1. The molecule has 0 spiro atoms. The topological polar surface area (TPSA) is 129 Å². The summed E-state index contributed by atoms with van der Waals surface area (Å²) in [5.41, 5.74) is 15.6. The lowest BCUT2D eigenvalue weighted by Gasteiger charge is -2.05. The Hall–Kier alpha value is -1.34. The molecule has 0 aliphatic carbocycles. The summed E-state index contributed by atoms with van der Waals surface area (Å²) >= 11 is 0. The molecule has 17 heavy (non-hydrogen) atoms. The minimum absolute atomic E-state index is 0.0195. The fourth-order valence-electron chi connectivity index (χ4n) is 1.14. The number of aliphatic imine (C=N–C) groups is 1. The second kappa shape index (κ2) is 11.2. The molecule has 0 aliphatic heterocycles. The van der Waals surface area contributed by atoms with Gasteiger partial charge in [0.2, 0.25) is 5.91 Å². The lowest BCUT2D eigenvalue weighted by Crippen LogP contribution is -2.27. The van der Waals surface area contributed by atoms with Crippen LogP contribution in [0.5, 0.6) is 0 Å². The van der Waals surface area contributed by atoms with Crippen LogP contribution in [0.2, 0.25) is 0 Å². The Morgan fingerprint density at radius 1 is 1.24 bits per heavy atom. The molecule has 0 aliphatic rings. The van der Waals surface area contributed by atoms with Crippen molar-refractivity contribution in [3.8, 4) is 0 Å². The number of carbonyl (C=O) groups excluding carboxylic acids is 1. The number of rotatable bonds is 10. The average Bonchev–Trinajstić information content (AvgIpc) is 2.28. The van der Waals surface area contributed by atoms with Crippen LogP contribution in [-0.4, -0.2) is 44.7 Å². The quantitative estimate of drug-likeness (QED) is 0.212. The summed E-state index contributed by atoms with van der Waals surface area (Å²) in [6.07, 6.45) is 2.05. The predicted octanol–water partition coefficient (Wildman–Crippen LogP) is -1.48. The number of nitrogens with zero attached hydrogens (tertiary/aromatic N) is 1. The van der Waals surface area contributed by atoms with Gasteiger partial charge in [-0.3, -0.25) is 9.79 Å². The lowest BCUT2D eigenvalue weighted by atomic mass is 10.2. The minimum atomic E-state index is 0.0195. The van der Waals surface area contributed by atoms with Gasteiger partial charge in [-0.05, 0) is 12.8 Å². The summed E-state index contributed by atoms with van der Waals surface area (Å²) in [6.45, 7) is 2.60. The fourth-order valence-corrected chi connectivity index (χ4v) is 1.14. The third-order valence-electron chi connectivity index (χ3n) is 1.94. The monoisotopic (exact) mass is 245 g/mol. The minimum Gasteiger partial charge on any atom is -0.378 e. The molecule has 0 saturated heterocycles. The molecule has 100 valence electrons. The van der Waals surface area contributed by atoms with Gasteiger partial charge < -0.3 is 27.3 Å². The van der Waals surface area contributed by atoms with Crippen molar-refractivity contribution >= 4 is 11.9 Å². The van der Waals surface area contributed by atoms with E-state index in [9.17, 15) is 4.79 Å². The number of nitrogens with one attached hydrogen (secondary N) is 1. The predicted molar refractivity (Wildman–Crippen MR) is 67.4 cm³/mol. The first-order chi connectivity index (χ1) is 8.16. The highest BCUT2D eigenvalue weighted by molar-refractivity contribution is 5.76. The highest BCUT2D eigenvalue weighted by Gasteiger charge is 1.99. The Balaban J connectivity index is 3.26. The molecule has 0 aromatic rings. The van der Waals surface area contributed by atoms with Gasteiger partial charge in [0.25, 0.3) is 0 Å². The van der Waals surface area contributed by atoms with E-state index < -0.39 is 0 Å². The molecule has 0 fully saturated rings. The molecular formula is C10H23N5O2. The SMILES string of the molecule is NCCOCCNC(=O)CCCCN=C(N)N. The van der Waals surface area contributed by atoms with Crippen LogP contribution < -0.4 is 22.5 Å². The number of carbonyl (C=O) groups is 1. The molecular weight excluding hydrogens is 222 g/mol. The summed E-state index contributed by atoms with van der Waals surface area (Å²) in [6, 6.07) is 0. The number of guanidine groups is 1. The van der Waals surface area contributed by atoms with E-state index >= 15 is 0 Å². The van der Waals surface area contributed by atoms with Crippen LogP contribution in [0.1, 0.15) is 19.3 Å². The van der Waals surface area contributed by atoms with Crippen LogP contribution >= 0.6 is 0 Å². The van der Waals surface area contributed by atoms with Crippen LogP contribution in [-0.2, 0) is 9.53 Å². The first-order valence-corrected chi connectivity index (χ1v) is 5.76. The second-order valence-corrected chi connectivity index (χ2v) is 3.51. The summed E-state index contributed by atoms with van der Waals surface area (Å²) in [7, 11) is 0. The van der Waals surface area contributed by atoms with Gasteiger partial charge in [-0.2, -0.15) is 0 Å². The molecule has 0 radical (unpaired) electrons. The Morgan fingerprint density at radius 3 is 2.65 bits per heavy atom. The molecule has 7 N–H and O–H groups in total. The number of hydrogen-bond acceptors (Lipinski definition) is 4. The van der Waals surface area contributed by atoms with Gasteiger partial charge in [0.15, 0.2) is 5.96 Å². The normalized spacial score (nSPS) is 9.94. The standard InChI is InChI=1S/C10H23N5O2/c11-4-7-17-8-6-14-9(16)3-1-2-5-15-10(12)13/h1-8,11H2,(H,14,16)(H4,12,13,15). The Kier molecular flexibility index (Phi) is 10.3. The van der Waals surface area contributed by atoms with E-state index in [2.05, 4.69) is 10.3 Å². The molecule has 0 aromatic carbocycles. The number of nitrogens with two attached hydrogens (primary N) is 3. The maximum Gasteiger partial charge on any atom is 0.220 e. The molecule has 0 bridgehead atoms. The first-order valence-electron chi connectivity index (χ1n) is 5.76. The van der Waals surface area contributed by atoms with Gasteiger partial charge in [0, 0.05) is 26.1 Å². The van der Waals surface area contributed by atoms with E-state index in [-0.39, 0.29) is 11.9 Å². The van der Waals surface area contributed by atoms with Crippen molar-refractivity contribution in [2.45, 2.75) is 19.3 Å². The summed E-state index contributed by atoms with van der Waals surface area (Å²) in [5.74, 6) is 0.109. The number of hydrogen-bond donors (Lipinski definition) is 4. The molecule has 0 aromatic heterocycles.